The SMILES string of the molecule is Cc1cc(C2CC(C)(CNc3ccccn3)C2)ccc1-c1cn(CC2CCCCO2)nn1. The largest absolute Gasteiger partial charge is 0.376 e. The number of aromatic nitrogens is 4. The molecule has 0 spiro atoms. The number of nitrogens with one attached hydrogen (secondary N) is 1. The summed E-state index contributed by atoms with van der Waals surface area (Å²) in [6, 6.07) is 12.8. The monoisotopic (exact) mass is 431 g/mol. The second kappa shape index (κ2) is 9.02. The molecule has 168 valence electrons. The van der Waals surface area contributed by atoms with Crippen LogP contribution < -0.4 is 5.32 Å². The van der Waals surface area contributed by atoms with E-state index in [9.17, 15) is 0 Å². The summed E-state index contributed by atoms with van der Waals surface area (Å²) >= 11 is 0. The van der Waals surface area contributed by atoms with Gasteiger partial charge in [-0.15, -0.1) is 5.10 Å². The van der Waals surface area contributed by atoms with Crippen molar-refractivity contribution in [3.05, 3.63) is 59.9 Å². The molecule has 32 heavy (non-hydrogen) atoms. The molecule has 1 aliphatic heterocycles. The fraction of sp³-hybridized carbons (Fsp3) is 0.500. The Labute approximate surface area is 190 Å². The molecule has 2 fully saturated rings. The molecule has 1 unspecified atom stereocenters. The molecule has 2 aliphatic rings. The van der Waals surface area contributed by atoms with Crippen LogP contribution in [0.2, 0.25) is 0 Å². The third-order valence-electron chi connectivity index (χ3n) is 7.04. The Morgan fingerprint density at radius 3 is 2.84 bits per heavy atom. The van der Waals surface area contributed by atoms with Crippen LogP contribution in [0.1, 0.15) is 56.1 Å². The first-order chi connectivity index (χ1) is 15.6. The molecule has 0 bridgehead atoms. The molecular formula is C26H33N5O. The van der Waals surface area contributed by atoms with E-state index in [1.807, 2.05) is 29.1 Å². The second-order valence-electron chi connectivity index (χ2n) is 9.87. The quantitative estimate of drug-likeness (QED) is 0.556. The van der Waals surface area contributed by atoms with Crippen molar-refractivity contribution in [3.8, 4) is 11.3 Å². The molecule has 6 nitrogen and oxygen atoms in total. The van der Waals surface area contributed by atoms with Gasteiger partial charge in [0.05, 0.1) is 18.8 Å². The Hall–Kier alpha value is -2.73. The summed E-state index contributed by atoms with van der Waals surface area (Å²) < 4.78 is 7.78. The maximum atomic E-state index is 5.84. The fourth-order valence-corrected chi connectivity index (χ4v) is 5.18. The van der Waals surface area contributed by atoms with E-state index >= 15 is 0 Å². The smallest absolute Gasteiger partial charge is 0.125 e. The van der Waals surface area contributed by atoms with Gasteiger partial charge in [0.25, 0.3) is 0 Å². The van der Waals surface area contributed by atoms with Crippen LogP contribution in [-0.2, 0) is 11.3 Å². The number of benzene rings is 1. The highest BCUT2D eigenvalue weighted by Gasteiger charge is 2.40. The Morgan fingerprint density at radius 1 is 1.19 bits per heavy atom. The van der Waals surface area contributed by atoms with Crippen molar-refractivity contribution in [1.82, 2.24) is 20.0 Å². The number of anilines is 1. The van der Waals surface area contributed by atoms with Crippen LogP contribution in [0, 0.1) is 12.3 Å². The van der Waals surface area contributed by atoms with E-state index in [1.165, 1.54) is 42.4 Å². The van der Waals surface area contributed by atoms with Gasteiger partial charge < -0.3 is 10.1 Å². The third-order valence-corrected chi connectivity index (χ3v) is 7.04. The van der Waals surface area contributed by atoms with E-state index in [0.29, 0.717) is 11.3 Å². The zero-order chi connectivity index (χ0) is 22.0. The molecular weight excluding hydrogens is 398 g/mol. The molecule has 1 saturated carbocycles. The van der Waals surface area contributed by atoms with Crippen molar-refractivity contribution in [1.29, 1.82) is 0 Å². The highest BCUT2D eigenvalue weighted by molar-refractivity contribution is 5.63. The highest BCUT2D eigenvalue weighted by atomic mass is 16.5. The highest BCUT2D eigenvalue weighted by Crippen LogP contribution is 2.51. The summed E-state index contributed by atoms with van der Waals surface area (Å²) in [6.07, 6.45) is 10.1. The van der Waals surface area contributed by atoms with Crippen molar-refractivity contribution < 1.29 is 4.74 Å². The minimum atomic E-state index is 0.266. The number of nitrogens with zero attached hydrogens (tertiary/aromatic N) is 4. The molecule has 0 radical (unpaired) electrons. The molecule has 3 heterocycles. The Balaban J connectivity index is 1.19. The van der Waals surface area contributed by atoms with Gasteiger partial charge in [-0.3, -0.25) is 0 Å². The number of rotatable bonds is 7. The third kappa shape index (κ3) is 4.70. The van der Waals surface area contributed by atoms with E-state index in [-0.39, 0.29) is 6.10 Å². The topological polar surface area (TPSA) is 64.9 Å². The summed E-state index contributed by atoms with van der Waals surface area (Å²) in [6.45, 7) is 7.17. The lowest BCUT2D eigenvalue weighted by Crippen LogP contribution is -2.39. The predicted octanol–water partition coefficient (Wildman–Crippen LogP) is 5.21. The van der Waals surface area contributed by atoms with Gasteiger partial charge in [0.1, 0.15) is 11.5 Å². The number of hydrogen-bond donors (Lipinski definition) is 1. The van der Waals surface area contributed by atoms with Crippen LogP contribution in [0.5, 0.6) is 0 Å². The van der Waals surface area contributed by atoms with Crippen molar-refractivity contribution in [3.63, 3.8) is 0 Å². The van der Waals surface area contributed by atoms with E-state index in [1.54, 1.807) is 0 Å². The van der Waals surface area contributed by atoms with E-state index in [0.717, 1.165) is 37.6 Å². The number of hydrogen-bond acceptors (Lipinski definition) is 5. The molecule has 6 heteroatoms. The van der Waals surface area contributed by atoms with Crippen molar-refractivity contribution in [2.75, 3.05) is 18.5 Å². The van der Waals surface area contributed by atoms with Crippen molar-refractivity contribution >= 4 is 5.82 Å². The first-order valence-electron chi connectivity index (χ1n) is 11.9. The average Bonchev–Trinajstić information content (AvgIpc) is 3.25. The van der Waals surface area contributed by atoms with Crippen LogP contribution in [0.4, 0.5) is 5.82 Å². The summed E-state index contributed by atoms with van der Waals surface area (Å²) in [5, 5.41) is 12.3. The van der Waals surface area contributed by atoms with Crippen molar-refractivity contribution in [2.45, 2.75) is 64.5 Å². The summed E-state index contributed by atoms with van der Waals surface area (Å²) in [7, 11) is 0. The molecule has 1 saturated heterocycles. The predicted molar refractivity (Wildman–Crippen MR) is 127 cm³/mol. The van der Waals surface area contributed by atoms with Crippen LogP contribution in [0.25, 0.3) is 11.3 Å². The molecule has 1 N–H and O–H groups in total. The molecule has 1 aliphatic carbocycles. The van der Waals surface area contributed by atoms with Gasteiger partial charge in [-0.25, -0.2) is 9.67 Å². The average molecular weight is 432 g/mol. The minimum Gasteiger partial charge on any atom is -0.376 e. The van der Waals surface area contributed by atoms with Gasteiger partial charge in [-0.05, 0) is 73.6 Å². The van der Waals surface area contributed by atoms with Crippen LogP contribution in [0.3, 0.4) is 0 Å². The molecule has 5 rings (SSSR count). The zero-order valence-electron chi connectivity index (χ0n) is 19.1. The summed E-state index contributed by atoms with van der Waals surface area (Å²) in [4.78, 5) is 4.37. The van der Waals surface area contributed by atoms with Gasteiger partial charge in [0, 0.05) is 24.9 Å². The second-order valence-corrected chi connectivity index (χ2v) is 9.87. The number of ether oxygens (including phenoxy) is 1. The van der Waals surface area contributed by atoms with E-state index < -0.39 is 0 Å². The maximum absolute atomic E-state index is 5.84. The standard InChI is InChI=1S/C26H33N5O/c1-19-13-20(21-14-26(2,15-21)18-28-25-8-3-5-11-27-25)9-10-23(19)24-17-31(30-29-24)16-22-7-4-6-12-32-22/h3,5,8-11,13,17,21-22H,4,6-7,12,14-16,18H2,1-2H3,(H,27,28). The first-order valence-corrected chi connectivity index (χ1v) is 11.9. The van der Waals surface area contributed by atoms with Gasteiger partial charge in [-0.2, -0.15) is 0 Å². The van der Waals surface area contributed by atoms with Crippen molar-refractivity contribution in [2.24, 2.45) is 5.41 Å². The Morgan fingerprint density at radius 2 is 2.09 bits per heavy atom. The number of pyridine rings is 1. The lowest BCUT2D eigenvalue weighted by molar-refractivity contribution is 0.00370. The summed E-state index contributed by atoms with van der Waals surface area (Å²) in [5.74, 6) is 1.58. The summed E-state index contributed by atoms with van der Waals surface area (Å²) in [5.41, 5.74) is 5.14. The van der Waals surface area contributed by atoms with E-state index in [4.69, 9.17) is 4.74 Å². The zero-order valence-corrected chi connectivity index (χ0v) is 19.1. The van der Waals surface area contributed by atoms with Gasteiger partial charge in [0.15, 0.2) is 0 Å². The molecule has 1 aromatic carbocycles. The first kappa shape index (κ1) is 21.1. The molecule has 1 atom stereocenters. The number of aryl methyl sites for hydroxylation is 1. The Kier molecular flexibility index (Phi) is 5.96. The minimum absolute atomic E-state index is 0.266. The fourth-order valence-electron chi connectivity index (χ4n) is 5.18. The molecule has 3 aromatic rings. The lowest BCUT2D eigenvalue weighted by Gasteiger charge is -2.46. The van der Waals surface area contributed by atoms with Gasteiger partial charge >= 0.3 is 0 Å². The van der Waals surface area contributed by atoms with Gasteiger partial charge in [0.2, 0.25) is 0 Å². The Bertz CT molecular complexity index is 1040. The van der Waals surface area contributed by atoms with Crippen LogP contribution in [0.15, 0.2) is 48.8 Å². The lowest BCUT2D eigenvalue weighted by atomic mass is 9.61. The molecule has 0 amide bonds. The van der Waals surface area contributed by atoms with Gasteiger partial charge in [-0.1, -0.05) is 36.4 Å². The maximum Gasteiger partial charge on any atom is 0.125 e. The van der Waals surface area contributed by atoms with E-state index in [2.05, 4.69) is 58.9 Å². The molecule has 2 aromatic heterocycles. The normalized spacial score (nSPS) is 25.3. The van der Waals surface area contributed by atoms with Crippen LogP contribution in [-0.4, -0.2) is 39.2 Å². The van der Waals surface area contributed by atoms with Crippen LogP contribution >= 0.6 is 0 Å².